The van der Waals surface area contributed by atoms with Gasteiger partial charge in [0.1, 0.15) is 11.6 Å². The number of hydrogen-bond donors (Lipinski definition) is 0. The Morgan fingerprint density at radius 3 is 2.29 bits per heavy atom. The third-order valence-electron chi connectivity index (χ3n) is 7.45. The highest BCUT2D eigenvalue weighted by Crippen LogP contribution is 2.34. The minimum absolute atomic E-state index is 0.0452. The van der Waals surface area contributed by atoms with Crippen molar-refractivity contribution in [3.63, 3.8) is 0 Å². The molecule has 4 nitrogen and oxygen atoms in total. The van der Waals surface area contributed by atoms with Crippen LogP contribution in [-0.4, -0.2) is 47.4 Å². The maximum Gasteiger partial charge on any atom is 0.253 e. The van der Waals surface area contributed by atoms with Crippen LogP contribution in [0.3, 0.4) is 0 Å². The first-order valence-corrected chi connectivity index (χ1v) is 12.2. The standard InChI is InChI=1S/C29H27F2N3O/c30-23-14-20(15-24(31)16-23)17-34-26-11-12-27(34)19-32(18-26)29(35)22-7-9-25(10-8-22)33-13-3-5-21-4-1-2-6-28(21)33/h1-10,14-16,26-27H,11-13,17-19H2. The van der Waals surface area contributed by atoms with E-state index in [1.807, 2.05) is 41.3 Å². The van der Waals surface area contributed by atoms with E-state index in [0.29, 0.717) is 30.8 Å². The van der Waals surface area contributed by atoms with Gasteiger partial charge in [-0.3, -0.25) is 9.69 Å². The number of benzene rings is 3. The second-order valence-corrected chi connectivity index (χ2v) is 9.66. The van der Waals surface area contributed by atoms with Crippen molar-refractivity contribution in [3.05, 3.63) is 101 Å². The van der Waals surface area contributed by atoms with Crippen LogP contribution in [0.4, 0.5) is 20.2 Å². The molecule has 6 heteroatoms. The minimum Gasteiger partial charge on any atom is -0.337 e. The van der Waals surface area contributed by atoms with Gasteiger partial charge < -0.3 is 9.80 Å². The highest BCUT2D eigenvalue weighted by molar-refractivity contribution is 5.95. The lowest BCUT2D eigenvalue weighted by atomic mass is 10.1. The topological polar surface area (TPSA) is 26.8 Å². The number of carbonyl (C=O) groups is 1. The molecule has 2 unspecified atom stereocenters. The van der Waals surface area contributed by atoms with Gasteiger partial charge in [0.05, 0.1) is 0 Å². The maximum absolute atomic E-state index is 13.7. The summed E-state index contributed by atoms with van der Waals surface area (Å²) >= 11 is 0. The quantitative estimate of drug-likeness (QED) is 0.494. The van der Waals surface area contributed by atoms with Gasteiger partial charge in [-0.05, 0) is 66.4 Å². The van der Waals surface area contributed by atoms with Crippen molar-refractivity contribution in [2.75, 3.05) is 24.5 Å². The molecule has 2 fully saturated rings. The molecule has 3 aliphatic rings. The van der Waals surface area contributed by atoms with Crippen molar-refractivity contribution in [2.45, 2.75) is 31.5 Å². The molecular formula is C29H27F2N3O. The van der Waals surface area contributed by atoms with Crippen molar-refractivity contribution in [2.24, 2.45) is 0 Å². The van der Waals surface area contributed by atoms with Crippen molar-refractivity contribution in [1.82, 2.24) is 9.80 Å². The average molecular weight is 472 g/mol. The molecule has 0 aromatic heterocycles. The Labute approximate surface area is 204 Å². The van der Waals surface area contributed by atoms with Gasteiger partial charge in [0, 0.05) is 61.3 Å². The molecule has 178 valence electrons. The Morgan fingerprint density at radius 2 is 1.57 bits per heavy atom. The highest BCUT2D eigenvalue weighted by Gasteiger charge is 2.41. The van der Waals surface area contributed by atoms with Gasteiger partial charge in [-0.1, -0.05) is 30.4 Å². The summed E-state index contributed by atoms with van der Waals surface area (Å²) in [7, 11) is 0. The molecule has 3 heterocycles. The number of halogens is 2. The zero-order valence-corrected chi connectivity index (χ0v) is 19.4. The number of piperazine rings is 1. The zero-order chi connectivity index (χ0) is 23.9. The van der Waals surface area contributed by atoms with E-state index < -0.39 is 11.6 Å². The van der Waals surface area contributed by atoms with Crippen molar-refractivity contribution < 1.29 is 13.6 Å². The largest absolute Gasteiger partial charge is 0.337 e. The number of amides is 1. The number of likely N-dealkylation sites (tertiary alicyclic amines) is 1. The Hall–Kier alpha value is -3.51. The van der Waals surface area contributed by atoms with E-state index in [1.54, 1.807) is 0 Å². The van der Waals surface area contributed by atoms with Crippen LogP contribution in [0.5, 0.6) is 0 Å². The van der Waals surface area contributed by atoms with E-state index in [4.69, 9.17) is 0 Å². The number of nitrogens with zero attached hydrogens (tertiary/aromatic N) is 3. The summed E-state index contributed by atoms with van der Waals surface area (Å²) in [4.78, 5) is 19.8. The fraction of sp³-hybridized carbons (Fsp3) is 0.276. The van der Waals surface area contributed by atoms with Crippen molar-refractivity contribution >= 4 is 23.4 Å². The van der Waals surface area contributed by atoms with Gasteiger partial charge >= 0.3 is 0 Å². The average Bonchev–Trinajstić information content (AvgIpc) is 3.08. The third kappa shape index (κ3) is 4.23. The van der Waals surface area contributed by atoms with E-state index in [2.05, 4.69) is 34.1 Å². The molecule has 0 radical (unpaired) electrons. The molecule has 0 N–H and O–H groups in total. The first-order valence-electron chi connectivity index (χ1n) is 12.2. The number of carbonyl (C=O) groups excluding carboxylic acids is 1. The molecule has 2 atom stereocenters. The molecule has 3 aliphatic heterocycles. The molecule has 6 rings (SSSR count). The van der Waals surface area contributed by atoms with Crippen molar-refractivity contribution in [3.8, 4) is 0 Å². The van der Waals surface area contributed by atoms with Crippen LogP contribution < -0.4 is 4.90 Å². The lowest BCUT2D eigenvalue weighted by Crippen LogP contribution is -2.54. The zero-order valence-electron chi connectivity index (χ0n) is 19.4. The number of fused-ring (bicyclic) bond motifs is 3. The second-order valence-electron chi connectivity index (χ2n) is 9.66. The fourth-order valence-electron chi connectivity index (χ4n) is 5.80. The summed E-state index contributed by atoms with van der Waals surface area (Å²) in [5.74, 6) is -1.05. The summed E-state index contributed by atoms with van der Waals surface area (Å²) < 4.78 is 27.3. The Morgan fingerprint density at radius 1 is 0.886 bits per heavy atom. The molecule has 3 aromatic rings. The number of para-hydroxylation sites is 1. The predicted molar refractivity (Wildman–Crippen MR) is 134 cm³/mol. The van der Waals surface area contributed by atoms with Crippen molar-refractivity contribution in [1.29, 1.82) is 0 Å². The van der Waals surface area contributed by atoms with E-state index in [9.17, 15) is 13.6 Å². The first-order chi connectivity index (χ1) is 17.0. The minimum atomic E-state index is -0.548. The maximum atomic E-state index is 13.7. The normalized spacial score (nSPS) is 21.3. The molecule has 0 spiro atoms. The Kier molecular flexibility index (Phi) is 5.61. The summed E-state index contributed by atoms with van der Waals surface area (Å²) in [6.07, 6.45) is 6.28. The van der Waals surface area contributed by atoms with Crippen LogP contribution in [0.2, 0.25) is 0 Å². The summed E-state index contributed by atoms with van der Waals surface area (Å²) in [6.45, 7) is 2.58. The van der Waals surface area contributed by atoms with E-state index in [0.717, 1.165) is 31.1 Å². The monoisotopic (exact) mass is 471 g/mol. The second kappa shape index (κ2) is 8.93. The van der Waals surface area contributed by atoms with Crippen LogP contribution >= 0.6 is 0 Å². The molecule has 1 amide bonds. The van der Waals surface area contributed by atoms with Gasteiger partial charge in [0.15, 0.2) is 0 Å². The molecular weight excluding hydrogens is 444 g/mol. The fourth-order valence-corrected chi connectivity index (χ4v) is 5.80. The molecule has 35 heavy (non-hydrogen) atoms. The lowest BCUT2D eigenvalue weighted by Gasteiger charge is -2.41. The number of anilines is 2. The molecule has 0 saturated carbocycles. The van der Waals surface area contributed by atoms with Gasteiger partial charge in [0.25, 0.3) is 5.91 Å². The first kappa shape index (κ1) is 22.0. The van der Waals surface area contributed by atoms with E-state index >= 15 is 0 Å². The van der Waals surface area contributed by atoms with Crippen LogP contribution in [0.15, 0.2) is 72.8 Å². The van der Waals surface area contributed by atoms with Crippen LogP contribution in [-0.2, 0) is 6.54 Å². The molecule has 2 bridgehead atoms. The third-order valence-corrected chi connectivity index (χ3v) is 7.45. The summed E-state index contributed by atoms with van der Waals surface area (Å²) in [5, 5.41) is 0. The van der Waals surface area contributed by atoms with Gasteiger partial charge in [0.2, 0.25) is 0 Å². The van der Waals surface area contributed by atoms with Crippen LogP contribution in [0.25, 0.3) is 6.08 Å². The smallest absolute Gasteiger partial charge is 0.253 e. The molecule has 2 saturated heterocycles. The SMILES string of the molecule is O=C(c1ccc(N2CC=Cc3ccccc32)cc1)N1CC2CCC(C1)N2Cc1cc(F)cc(F)c1. The summed E-state index contributed by atoms with van der Waals surface area (Å²) in [5.41, 5.74) is 4.75. The molecule has 3 aromatic carbocycles. The Balaban J connectivity index is 1.14. The Bertz CT molecular complexity index is 1260. The molecule has 0 aliphatic carbocycles. The predicted octanol–water partition coefficient (Wildman–Crippen LogP) is 5.62. The van der Waals surface area contributed by atoms with Gasteiger partial charge in [-0.15, -0.1) is 0 Å². The number of rotatable bonds is 4. The number of hydrogen-bond acceptors (Lipinski definition) is 3. The van der Waals surface area contributed by atoms with Gasteiger partial charge in [-0.25, -0.2) is 8.78 Å². The lowest BCUT2D eigenvalue weighted by molar-refractivity contribution is 0.0423. The van der Waals surface area contributed by atoms with E-state index in [-0.39, 0.29) is 18.0 Å². The van der Waals surface area contributed by atoms with Gasteiger partial charge in [-0.2, -0.15) is 0 Å². The van der Waals surface area contributed by atoms with Crippen LogP contribution in [0, 0.1) is 11.6 Å². The van der Waals surface area contributed by atoms with E-state index in [1.165, 1.54) is 23.4 Å². The highest BCUT2D eigenvalue weighted by atomic mass is 19.1. The van der Waals surface area contributed by atoms with Crippen LogP contribution in [0.1, 0.15) is 34.3 Å². The summed E-state index contributed by atoms with van der Waals surface area (Å²) in [6, 6.07) is 20.3.